The molecule has 11 aromatic rings. The van der Waals surface area contributed by atoms with Crippen LogP contribution in [-0.4, -0.2) is 15.0 Å². The van der Waals surface area contributed by atoms with Gasteiger partial charge in [-0.3, -0.25) is 0 Å². The molecule has 0 N–H and O–H groups in total. The van der Waals surface area contributed by atoms with Crippen molar-refractivity contribution in [2.45, 2.75) is 0 Å². The Bertz CT molecular complexity index is 3220. The van der Waals surface area contributed by atoms with Crippen molar-refractivity contribution in [1.82, 2.24) is 15.0 Å². The van der Waals surface area contributed by atoms with Crippen LogP contribution in [0.5, 0.6) is 0 Å². The quantitative estimate of drug-likeness (QED) is 0.171. The Morgan fingerprint density at radius 3 is 1.43 bits per heavy atom. The highest BCUT2D eigenvalue weighted by Crippen LogP contribution is 2.41. The van der Waals surface area contributed by atoms with Gasteiger partial charge in [-0.25, -0.2) is 15.0 Å². The SMILES string of the molecule is c1ccc(-c2ccc(-c3ccc(-c4cc(-c5nc(-c6ccccc6)nc(-c6cccc7oc8ccccc8c67)n5)c5oc6ccccc6c5c4)cc3)cc2)cc1. The van der Waals surface area contributed by atoms with E-state index in [1.807, 2.05) is 84.9 Å². The summed E-state index contributed by atoms with van der Waals surface area (Å²) in [5, 5.41) is 4.02. The lowest BCUT2D eigenvalue weighted by atomic mass is 9.96. The van der Waals surface area contributed by atoms with E-state index in [1.54, 1.807) is 0 Å². The van der Waals surface area contributed by atoms with Crippen LogP contribution in [0, 0.1) is 0 Å². The Hall–Kier alpha value is -7.63. The van der Waals surface area contributed by atoms with Crippen LogP contribution in [0.4, 0.5) is 0 Å². The van der Waals surface area contributed by atoms with Gasteiger partial charge in [0.2, 0.25) is 0 Å². The van der Waals surface area contributed by atoms with Crippen molar-refractivity contribution in [2.75, 3.05) is 0 Å². The number of nitrogens with zero attached hydrogens (tertiary/aromatic N) is 3. The van der Waals surface area contributed by atoms with E-state index in [9.17, 15) is 0 Å². The number of benzene rings is 8. The molecule has 0 radical (unpaired) electrons. The van der Waals surface area contributed by atoms with Crippen molar-refractivity contribution in [3.63, 3.8) is 0 Å². The molecule has 0 saturated heterocycles. The molecule has 8 aromatic carbocycles. The lowest BCUT2D eigenvalue weighted by molar-refractivity contribution is 0.668. The third kappa shape index (κ3) is 5.45. The van der Waals surface area contributed by atoms with E-state index in [2.05, 4.69) is 103 Å². The summed E-state index contributed by atoms with van der Waals surface area (Å²) in [5.41, 5.74) is 12.5. The Balaban J connectivity index is 1.09. The van der Waals surface area contributed by atoms with E-state index < -0.39 is 0 Å². The highest BCUT2D eigenvalue weighted by atomic mass is 16.3. The molecule has 3 heterocycles. The van der Waals surface area contributed by atoms with Gasteiger partial charge in [0.25, 0.3) is 0 Å². The predicted molar refractivity (Wildman–Crippen MR) is 227 cm³/mol. The van der Waals surface area contributed by atoms with Crippen LogP contribution in [-0.2, 0) is 0 Å². The predicted octanol–water partition coefficient (Wildman–Crippen LogP) is 13.7. The average Bonchev–Trinajstić information content (AvgIpc) is 3.85. The molecule has 5 heteroatoms. The molecule has 0 atom stereocenters. The van der Waals surface area contributed by atoms with E-state index in [0.717, 1.165) is 77.3 Å². The van der Waals surface area contributed by atoms with Crippen molar-refractivity contribution < 1.29 is 8.83 Å². The number of aromatic nitrogens is 3. The number of furan rings is 2. The molecule has 5 nitrogen and oxygen atoms in total. The van der Waals surface area contributed by atoms with Gasteiger partial charge in [0.1, 0.15) is 22.3 Å². The van der Waals surface area contributed by atoms with E-state index in [0.29, 0.717) is 17.5 Å². The number of hydrogen-bond donors (Lipinski definition) is 0. The smallest absolute Gasteiger partial charge is 0.167 e. The summed E-state index contributed by atoms with van der Waals surface area (Å²) in [6, 6.07) is 64.7. The summed E-state index contributed by atoms with van der Waals surface area (Å²) in [4.78, 5) is 15.5. The van der Waals surface area contributed by atoms with Crippen LogP contribution in [0.1, 0.15) is 0 Å². The van der Waals surface area contributed by atoms with Crippen molar-refractivity contribution in [2.24, 2.45) is 0 Å². The van der Waals surface area contributed by atoms with E-state index in [4.69, 9.17) is 23.8 Å². The summed E-state index contributed by atoms with van der Waals surface area (Å²) in [6.07, 6.45) is 0. The standard InChI is InChI=1S/C51H31N3O2/c1-3-12-32(13-4-1)33-22-24-34(25-23-33)35-26-28-36(29-27-35)38-30-42-39-16-7-9-19-44(39)56-48(42)43(31-38)51-53-49(37-14-5-2-6-15-37)52-50(54-51)41-18-11-21-46-47(41)40-17-8-10-20-45(40)55-46/h1-31H. The van der Waals surface area contributed by atoms with Gasteiger partial charge in [-0.15, -0.1) is 0 Å². The minimum absolute atomic E-state index is 0.527. The maximum absolute atomic E-state index is 6.64. The van der Waals surface area contributed by atoms with Crippen LogP contribution in [0.15, 0.2) is 197 Å². The second kappa shape index (κ2) is 13.0. The van der Waals surface area contributed by atoms with Crippen LogP contribution in [0.2, 0.25) is 0 Å². The molecule has 0 aliphatic heterocycles. The van der Waals surface area contributed by atoms with Gasteiger partial charge >= 0.3 is 0 Å². The number of para-hydroxylation sites is 2. The maximum Gasteiger partial charge on any atom is 0.167 e. The lowest BCUT2D eigenvalue weighted by Gasteiger charge is -2.11. The molecule has 0 bridgehead atoms. The highest BCUT2D eigenvalue weighted by Gasteiger charge is 2.21. The summed E-state index contributed by atoms with van der Waals surface area (Å²) in [6.45, 7) is 0. The third-order valence-corrected chi connectivity index (χ3v) is 10.6. The number of fused-ring (bicyclic) bond motifs is 6. The molecular formula is C51H31N3O2. The van der Waals surface area contributed by atoms with Crippen LogP contribution >= 0.6 is 0 Å². The van der Waals surface area contributed by atoms with Gasteiger partial charge in [-0.05, 0) is 63.7 Å². The monoisotopic (exact) mass is 717 g/mol. The molecule has 0 amide bonds. The van der Waals surface area contributed by atoms with E-state index in [-0.39, 0.29) is 0 Å². The first-order valence-electron chi connectivity index (χ1n) is 18.7. The fourth-order valence-corrected chi connectivity index (χ4v) is 7.79. The second-order valence-electron chi connectivity index (χ2n) is 14.0. The van der Waals surface area contributed by atoms with Crippen LogP contribution in [0.3, 0.4) is 0 Å². The summed E-state index contributed by atoms with van der Waals surface area (Å²) < 4.78 is 12.9. The summed E-state index contributed by atoms with van der Waals surface area (Å²) in [7, 11) is 0. The third-order valence-electron chi connectivity index (χ3n) is 10.6. The zero-order valence-corrected chi connectivity index (χ0v) is 30.1. The van der Waals surface area contributed by atoms with E-state index >= 15 is 0 Å². The fourth-order valence-electron chi connectivity index (χ4n) is 7.79. The van der Waals surface area contributed by atoms with E-state index in [1.165, 1.54) is 16.7 Å². The molecule has 11 rings (SSSR count). The van der Waals surface area contributed by atoms with Crippen LogP contribution in [0.25, 0.3) is 111 Å². The first-order chi connectivity index (χ1) is 27.7. The van der Waals surface area contributed by atoms with Gasteiger partial charge in [0.15, 0.2) is 17.5 Å². The van der Waals surface area contributed by atoms with Gasteiger partial charge in [-0.1, -0.05) is 158 Å². The molecule has 3 aromatic heterocycles. The summed E-state index contributed by atoms with van der Waals surface area (Å²) in [5.74, 6) is 1.66. The lowest BCUT2D eigenvalue weighted by Crippen LogP contribution is -2.01. The van der Waals surface area contributed by atoms with Crippen molar-refractivity contribution in [3.8, 4) is 67.5 Å². The Kier molecular flexibility index (Phi) is 7.42. The second-order valence-corrected chi connectivity index (χ2v) is 14.0. The molecule has 0 aliphatic carbocycles. The Morgan fingerprint density at radius 2 is 0.768 bits per heavy atom. The minimum atomic E-state index is 0.527. The first-order valence-corrected chi connectivity index (χ1v) is 18.7. The zero-order valence-electron chi connectivity index (χ0n) is 30.1. The van der Waals surface area contributed by atoms with Gasteiger partial charge in [-0.2, -0.15) is 0 Å². The maximum atomic E-state index is 6.64. The van der Waals surface area contributed by atoms with Gasteiger partial charge < -0.3 is 8.83 Å². The van der Waals surface area contributed by atoms with Crippen molar-refractivity contribution in [3.05, 3.63) is 188 Å². The van der Waals surface area contributed by atoms with Crippen molar-refractivity contribution >= 4 is 43.9 Å². The highest BCUT2D eigenvalue weighted by molar-refractivity contribution is 6.13. The number of rotatable bonds is 6. The molecule has 0 aliphatic rings. The number of hydrogen-bond acceptors (Lipinski definition) is 5. The zero-order chi connectivity index (χ0) is 37.0. The minimum Gasteiger partial charge on any atom is -0.456 e. The Morgan fingerprint density at radius 1 is 0.286 bits per heavy atom. The molecule has 0 saturated carbocycles. The van der Waals surface area contributed by atoms with Crippen LogP contribution < -0.4 is 0 Å². The first kappa shape index (κ1) is 31.9. The Labute approximate surface area is 322 Å². The normalized spacial score (nSPS) is 11.6. The summed E-state index contributed by atoms with van der Waals surface area (Å²) >= 11 is 0. The fraction of sp³-hybridized carbons (Fsp3) is 0. The van der Waals surface area contributed by atoms with Gasteiger partial charge in [0.05, 0.1) is 5.56 Å². The molecule has 262 valence electrons. The average molecular weight is 718 g/mol. The largest absolute Gasteiger partial charge is 0.456 e. The topological polar surface area (TPSA) is 65.0 Å². The molecule has 0 spiro atoms. The van der Waals surface area contributed by atoms with Crippen molar-refractivity contribution in [1.29, 1.82) is 0 Å². The molecule has 0 fully saturated rings. The molecule has 0 unspecified atom stereocenters. The molecular weight excluding hydrogens is 687 g/mol. The molecule has 56 heavy (non-hydrogen) atoms. The van der Waals surface area contributed by atoms with Gasteiger partial charge in [0, 0.05) is 32.7 Å².